The molecule has 3 aromatic rings. The van der Waals surface area contributed by atoms with Gasteiger partial charge in [0, 0.05) is 42.6 Å². The number of benzene rings is 1. The molecule has 1 fully saturated rings. The van der Waals surface area contributed by atoms with Gasteiger partial charge in [-0.05, 0) is 32.0 Å². The van der Waals surface area contributed by atoms with Crippen molar-refractivity contribution in [3.05, 3.63) is 42.4 Å². The number of aryl methyl sites for hydroxylation is 1. The number of rotatable bonds is 3. The topological polar surface area (TPSA) is 84.7 Å². The Bertz CT molecular complexity index is 896. The molecule has 1 aliphatic heterocycles. The van der Waals surface area contributed by atoms with Crippen molar-refractivity contribution in [1.29, 1.82) is 0 Å². The molecule has 1 aromatic carbocycles. The van der Waals surface area contributed by atoms with Crippen molar-refractivity contribution in [2.24, 2.45) is 7.05 Å². The van der Waals surface area contributed by atoms with Crippen molar-refractivity contribution < 1.29 is 4.79 Å². The Morgan fingerprint density at radius 2 is 2.00 bits per heavy atom. The van der Waals surface area contributed by atoms with E-state index in [1.807, 2.05) is 31.4 Å². The number of nitrogens with zero attached hydrogens (tertiary/aromatic N) is 4. The van der Waals surface area contributed by atoms with E-state index < -0.39 is 0 Å². The first-order valence-corrected chi connectivity index (χ1v) is 8.46. The second kappa shape index (κ2) is 6.60. The first-order valence-electron chi connectivity index (χ1n) is 8.46. The number of nitrogens with one attached hydrogen (secondary N) is 2. The van der Waals surface area contributed by atoms with Gasteiger partial charge in [0.2, 0.25) is 0 Å². The molecule has 0 saturated carbocycles. The van der Waals surface area contributed by atoms with Crippen LogP contribution in [0.2, 0.25) is 0 Å². The van der Waals surface area contributed by atoms with E-state index in [2.05, 4.69) is 25.7 Å². The number of piperidine rings is 1. The van der Waals surface area contributed by atoms with Gasteiger partial charge in [0.1, 0.15) is 0 Å². The molecule has 3 heterocycles. The van der Waals surface area contributed by atoms with Crippen molar-refractivity contribution in [3.8, 4) is 11.4 Å². The minimum absolute atomic E-state index is 0.112. The molecule has 128 valence electrons. The number of hydrogen-bond donors (Lipinski definition) is 2. The zero-order valence-corrected chi connectivity index (χ0v) is 14.1. The maximum Gasteiger partial charge on any atom is 0.254 e. The van der Waals surface area contributed by atoms with E-state index in [0.717, 1.165) is 42.4 Å². The number of fused-ring (bicyclic) bond motifs is 1. The van der Waals surface area contributed by atoms with Crippen LogP contribution >= 0.6 is 0 Å². The molecule has 4 rings (SSSR count). The van der Waals surface area contributed by atoms with Gasteiger partial charge in [0.25, 0.3) is 5.91 Å². The SMILES string of the molecule is Cn1cc2ccc(-c3ncc(C(=O)NC4CCNCC4)cn3)cc2n1. The lowest BCUT2D eigenvalue weighted by atomic mass is 10.1. The first kappa shape index (κ1) is 15.7. The molecule has 1 aliphatic rings. The maximum atomic E-state index is 12.3. The standard InChI is InChI=1S/C18H20N6O/c1-24-11-13-3-2-12(8-16(13)23-24)17-20-9-14(10-21-17)18(25)22-15-4-6-19-7-5-15/h2-3,8-11,15,19H,4-7H2,1H3,(H,22,25). The molecule has 0 bridgehead atoms. The molecule has 7 heteroatoms. The smallest absolute Gasteiger partial charge is 0.254 e. The lowest BCUT2D eigenvalue weighted by molar-refractivity contribution is 0.0929. The molecule has 0 unspecified atom stereocenters. The predicted octanol–water partition coefficient (Wildman–Crippen LogP) is 1.51. The van der Waals surface area contributed by atoms with Gasteiger partial charge in [0.05, 0.1) is 11.1 Å². The molecule has 25 heavy (non-hydrogen) atoms. The molecule has 1 amide bonds. The van der Waals surface area contributed by atoms with Crippen LogP contribution in [0.15, 0.2) is 36.8 Å². The van der Waals surface area contributed by atoms with Crippen LogP contribution in [0.4, 0.5) is 0 Å². The average Bonchev–Trinajstić information content (AvgIpc) is 3.02. The molecule has 0 spiro atoms. The zero-order chi connectivity index (χ0) is 17.2. The quantitative estimate of drug-likeness (QED) is 0.757. The highest BCUT2D eigenvalue weighted by atomic mass is 16.1. The van der Waals surface area contributed by atoms with E-state index in [1.54, 1.807) is 17.1 Å². The molecule has 0 aliphatic carbocycles. The van der Waals surface area contributed by atoms with Crippen LogP contribution in [0, 0.1) is 0 Å². The number of hydrogen-bond acceptors (Lipinski definition) is 5. The van der Waals surface area contributed by atoms with Crippen molar-refractivity contribution in [1.82, 2.24) is 30.4 Å². The number of carbonyl (C=O) groups excluding carboxylic acids is 1. The highest BCUT2D eigenvalue weighted by molar-refractivity contribution is 5.94. The number of carbonyl (C=O) groups is 1. The highest BCUT2D eigenvalue weighted by Crippen LogP contribution is 2.20. The van der Waals surface area contributed by atoms with Crippen molar-refractivity contribution in [3.63, 3.8) is 0 Å². The number of amides is 1. The molecule has 1 saturated heterocycles. The fraction of sp³-hybridized carbons (Fsp3) is 0.333. The Balaban J connectivity index is 1.51. The summed E-state index contributed by atoms with van der Waals surface area (Å²) in [6.45, 7) is 1.88. The summed E-state index contributed by atoms with van der Waals surface area (Å²) in [5.74, 6) is 0.476. The first-order chi connectivity index (χ1) is 12.2. The van der Waals surface area contributed by atoms with Crippen molar-refractivity contribution in [2.75, 3.05) is 13.1 Å². The normalized spacial score (nSPS) is 15.4. The van der Waals surface area contributed by atoms with Crippen LogP contribution in [-0.4, -0.2) is 44.8 Å². The predicted molar refractivity (Wildman–Crippen MR) is 95.1 cm³/mol. The van der Waals surface area contributed by atoms with Gasteiger partial charge >= 0.3 is 0 Å². The second-order valence-corrected chi connectivity index (χ2v) is 6.37. The second-order valence-electron chi connectivity index (χ2n) is 6.37. The largest absolute Gasteiger partial charge is 0.349 e. The third-order valence-corrected chi connectivity index (χ3v) is 4.47. The Labute approximate surface area is 145 Å². The summed E-state index contributed by atoms with van der Waals surface area (Å²) in [5.41, 5.74) is 2.27. The van der Waals surface area contributed by atoms with E-state index >= 15 is 0 Å². The van der Waals surface area contributed by atoms with E-state index in [1.165, 1.54) is 0 Å². The van der Waals surface area contributed by atoms with Crippen LogP contribution in [-0.2, 0) is 7.05 Å². The van der Waals surface area contributed by atoms with Gasteiger partial charge in [-0.3, -0.25) is 9.48 Å². The molecule has 0 radical (unpaired) electrons. The van der Waals surface area contributed by atoms with Gasteiger partial charge in [-0.15, -0.1) is 0 Å². The van der Waals surface area contributed by atoms with E-state index in [4.69, 9.17) is 0 Å². The fourth-order valence-electron chi connectivity index (χ4n) is 3.11. The Morgan fingerprint density at radius 1 is 1.24 bits per heavy atom. The summed E-state index contributed by atoms with van der Waals surface area (Å²) in [4.78, 5) is 21.0. The third-order valence-electron chi connectivity index (χ3n) is 4.47. The van der Waals surface area contributed by atoms with Crippen LogP contribution < -0.4 is 10.6 Å². The van der Waals surface area contributed by atoms with Gasteiger partial charge in [-0.2, -0.15) is 5.10 Å². The van der Waals surface area contributed by atoms with Crippen LogP contribution in [0.3, 0.4) is 0 Å². The summed E-state index contributed by atoms with van der Waals surface area (Å²) >= 11 is 0. The van der Waals surface area contributed by atoms with E-state index in [9.17, 15) is 4.79 Å². The Hall–Kier alpha value is -2.80. The summed E-state index contributed by atoms with van der Waals surface area (Å²) in [5, 5.41) is 11.8. The maximum absolute atomic E-state index is 12.3. The van der Waals surface area contributed by atoms with Gasteiger partial charge in [0.15, 0.2) is 5.82 Å². The Morgan fingerprint density at radius 3 is 2.76 bits per heavy atom. The van der Waals surface area contributed by atoms with E-state index in [0.29, 0.717) is 11.4 Å². The molecule has 7 nitrogen and oxygen atoms in total. The Kier molecular flexibility index (Phi) is 4.15. The molecule has 0 atom stereocenters. The van der Waals surface area contributed by atoms with Crippen LogP contribution in [0.25, 0.3) is 22.3 Å². The van der Waals surface area contributed by atoms with Gasteiger partial charge < -0.3 is 10.6 Å². The molecule has 2 N–H and O–H groups in total. The summed E-state index contributed by atoms with van der Waals surface area (Å²) in [6.07, 6.45) is 7.04. The van der Waals surface area contributed by atoms with Gasteiger partial charge in [-0.1, -0.05) is 12.1 Å². The van der Waals surface area contributed by atoms with Crippen LogP contribution in [0.5, 0.6) is 0 Å². The lowest BCUT2D eigenvalue weighted by Gasteiger charge is -2.23. The summed E-state index contributed by atoms with van der Waals surface area (Å²) < 4.78 is 1.78. The lowest BCUT2D eigenvalue weighted by Crippen LogP contribution is -2.42. The summed E-state index contributed by atoms with van der Waals surface area (Å²) in [7, 11) is 1.89. The number of aromatic nitrogens is 4. The molecular weight excluding hydrogens is 316 g/mol. The highest BCUT2D eigenvalue weighted by Gasteiger charge is 2.17. The molecular formula is C18H20N6O. The van der Waals surface area contributed by atoms with Gasteiger partial charge in [-0.25, -0.2) is 9.97 Å². The fourth-order valence-corrected chi connectivity index (χ4v) is 3.11. The van der Waals surface area contributed by atoms with Crippen LogP contribution in [0.1, 0.15) is 23.2 Å². The zero-order valence-electron chi connectivity index (χ0n) is 14.1. The molecule has 2 aromatic heterocycles. The average molecular weight is 336 g/mol. The van der Waals surface area contributed by atoms with E-state index in [-0.39, 0.29) is 11.9 Å². The van der Waals surface area contributed by atoms with Crippen molar-refractivity contribution in [2.45, 2.75) is 18.9 Å². The third kappa shape index (κ3) is 3.36. The monoisotopic (exact) mass is 336 g/mol. The van der Waals surface area contributed by atoms with Crippen molar-refractivity contribution >= 4 is 16.8 Å². The summed E-state index contributed by atoms with van der Waals surface area (Å²) in [6, 6.07) is 6.15. The minimum atomic E-state index is -0.112. The minimum Gasteiger partial charge on any atom is -0.349 e.